The summed E-state index contributed by atoms with van der Waals surface area (Å²) >= 11 is 0. The van der Waals surface area contributed by atoms with E-state index in [-0.39, 0.29) is 5.82 Å². The topological polar surface area (TPSA) is 15.3 Å². The Balaban J connectivity index is 1.58. The summed E-state index contributed by atoms with van der Waals surface area (Å²) in [7, 11) is 0. The molecule has 1 aromatic rings. The molecule has 2 atom stereocenters. The Morgan fingerprint density at radius 2 is 2.11 bits per heavy atom. The molecule has 0 aliphatic carbocycles. The summed E-state index contributed by atoms with van der Waals surface area (Å²) in [6.07, 6.45) is 2.66. The smallest absolute Gasteiger partial charge is 0.123 e. The quantitative estimate of drug-likeness (QED) is 0.901. The zero-order valence-corrected chi connectivity index (χ0v) is 11.7. The Morgan fingerprint density at radius 3 is 2.79 bits per heavy atom. The van der Waals surface area contributed by atoms with Gasteiger partial charge in [-0.15, -0.1) is 0 Å². The molecule has 0 aromatic heterocycles. The highest BCUT2D eigenvalue weighted by Gasteiger charge is 2.40. The molecule has 2 saturated heterocycles. The third-order valence-corrected chi connectivity index (χ3v) is 4.82. The van der Waals surface area contributed by atoms with Crippen molar-refractivity contribution in [1.29, 1.82) is 0 Å². The van der Waals surface area contributed by atoms with E-state index < -0.39 is 0 Å². The number of benzene rings is 1. The van der Waals surface area contributed by atoms with E-state index in [1.807, 2.05) is 12.1 Å². The van der Waals surface area contributed by atoms with E-state index in [9.17, 15) is 4.39 Å². The SMILES string of the molecule is CC(CN1CCC2(CCNC2)C1)c1ccc(F)cc1. The Bertz CT molecular complexity index is 423. The van der Waals surface area contributed by atoms with Crippen LogP contribution >= 0.6 is 0 Å². The molecule has 0 radical (unpaired) electrons. The van der Waals surface area contributed by atoms with Crippen LogP contribution in [0.2, 0.25) is 0 Å². The van der Waals surface area contributed by atoms with E-state index in [1.54, 1.807) is 12.1 Å². The van der Waals surface area contributed by atoms with Crippen LogP contribution in [0.5, 0.6) is 0 Å². The normalized spacial score (nSPS) is 29.2. The Hall–Kier alpha value is -0.930. The van der Waals surface area contributed by atoms with Crippen molar-refractivity contribution in [3.63, 3.8) is 0 Å². The van der Waals surface area contributed by atoms with Gasteiger partial charge in [-0.1, -0.05) is 19.1 Å². The second-order valence-electron chi connectivity index (χ2n) is 6.36. The summed E-state index contributed by atoms with van der Waals surface area (Å²) in [4.78, 5) is 2.58. The molecule has 19 heavy (non-hydrogen) atoms. The molecule has 2 aliphatic heterocycles. The van der Waals surface area contributed by atoms with Crippen molar-refractivity contribution in [2.75, 3.05) is 32.7 Å². The molecule has 104 valence electrons. The Morgan fingerprint density at radius 1 is 1.32 bits per heavy atom. The maximum atomic E-state index is 12.9. The monoisotopic (exact) mass is 262 g/mol. The first kappa shape index (κ1) is 13.1. The molecule has 2 heterocycles. The molecule has 0 bridgehead atoms. The lowest BCUT2D eigenvalue weighted by molar-refractivity contribution is 0.265. The van der Waals surface area contributed by atoms with E-state index in [1.165, 1.54) is 44.6 Å². The molecule has 1 aromatic carbocycles. The minimum atomic E-state index is -0.145. The van der Waals surface area contributed by atoms with Crippen molar-refractivity contribution >= 4 is 0 Å². The number of nitrogens with zero attached hydrogens (tertiary/aromatic N) is 1. The number of halogens is 1. The summed E-state index contributed by atoms with van der Waals surface area (Å²) in [5, 5.41) is 3.50. The van der Waals surface area contributed by atoms with Gasteiger partial charge in [0.2, 0.25) is 0 Å². The number of hydrogen-bond donors (Lipinski definition) is 1. The molecule has 2 unspecified atom stereocenters. The molecule has 1 spiro atoms. The second-order valence-corrected chi connectivity index (χ2v) is 6.36. The van der Waals surface area contributed by atoms with E-state index in [4.69, 9.17) is 0 Å². The van der Waals surface area contributed by atoms with E-state index in [0.29, 0.717) is 11.3 Å². The van der Waals surface area contributed by atoms with Gasteiger partial charge in [-0.2, -0.15) is 0 Å². The van der Waals surface area contributed by atoms with Gasteiger partial charge in [-0.25, -0.2) is 4.39 Å². The van der Waals surface area contributed by atoms with Crippen LogP contribution in [0.25, 0.3) is 0 Å². The summed E-state index contributed by atoms with van der Waals surface area (Å²) in [5.41, 5.74) is 1.79. The van der Waals surface area contributed by atoms with E-state index in [2.05, 4.69) is 17.1 Å². The van der Waals surface area contributed by atoms with Crippen molar-refractivity contribution < 1.29 is 4.39 Å². The van der Waals surface area contributed by atoms with Crippen LogP contribution in [0.1, 0.15) is 31.2 Å². The van der Waals surface area contributed by atoms with Gasteiger partial charge in [0, 0.05) is 19.6 Å². The minimum Gasteiger partial charge on any atom is -0.316 e. The first-order chi connectivity index (χ1) is 9.17. The highest BCUT2D eigenvalue weighted by atomic mass is 19.1. The highest BCUT2D eigenvalue weighted by Crippen LogP contribution is 2.36. The predicted molar refractivity (Wildman–Crippen MR) is 75.8 cm³/mol. The predicted octanol–water partition coefficient (Wildman–Crippen LogP) is 2.61. The van der Waals surface area contributed by atoms with Gasteiger partial charge >= 0.3 is 0 Å². The summed E-state index contributed by atoms with van der Waals surface area (Å²) in [6.45, 7) is 8.15. The van der Waals surface area contributed by atoms with Crippen LogP contribution in [0, 0.1) is 11.2 Å². The van der Waals surface area contributed by atoms with Gasteiger partial charge in [0.15, 0.2) is 0 Å². The third-order valence-electron chi connectivity index (χ3n) is 4.82. The van der Waals surface area contributed by atoms with Gasteiger partial charge in [0.05, 0.1) is 0 Å². The molecule has 2 fully saturated rings. The summed E-state index contributed by atoms with van der Waals surface area (Å²) in [6, 6.07) is 6.97. The number of likely N-dealkylation sites (tertiary alicyclic amines) is 1. The molecule has 0 saturated carbocycles. The lowest BCUT2D eigenvalue weighted by atomic mass is 9.86. The van der Waals surface area contributed by atoms with Crippen LogP contribution in [0.15, 0.2) is 24.3 Å². The van der Waals surface area contributed by atoms with Crippen LogP contribution < -0.4 is 5.32 Å². The average Bonchev–Trinajstić information content (AvgIpc) is 3.01. The fourth-order valence-electron chi connectivity index (χ4n) is 3.61. The van der Waals surface area contributed by atoms with Crippen LogP contribution in [-0.2, 0) is 0 Å². The van der Waals surface area contributed by atoms with Gasteiger partial charge in [0.25, 0.3) is 0 Å². The number of nitrogens with one attached hydrogen (secondary N) is 1. The number of rotatable bonds is 3. The van der Waals surface area contributed by atoms with Gasteiger partial charge < -0.3 is 10.2 Å². The van der Waals surface area contributed by atoms with Crippen LogP contribution in [0.4, 0.5) is 4.39 Å². The Kier molecular flexibility index (Phi) is 3.59. The lowest BCUT2D eigenvalue weighted by Gasteiger charge is -2.25. The van der Waals surface area contributed by atoms with Gasteiger partial charge in [-0.3, -0.25) is 0 Å². The maximum Gasteiger partial charge on any atom is 0.123 e. The first-order valence-electron chi connectivity index (χ1n) is 7.35. The van der Waals surface area contributed by atoms with Crippen molar-refractivity contribution in [3.05, 3.63) is 35.6 Å². The summed E-state index contributed by atoms with van der Waals surface area (Å²) in [5.74, 6) is 0.332. The zero-order valence-electron chi connectivity index (χ0n) is 11.7. The van der Waals surface area contributed by atoms with Gasteiger partial charge in [0.1, 0.15) is 5.82 Å². The van der Waals surface area contributed by atoms with Crippen molar-refractivity contribution in [2.45, 2.75) is 25.7 Å². The largest absolute Gasteiger partial charge is 0.316 e. The van der Waals surface area contributed by atoms with Crippen molar-refractivity contribution in [1.82, 2.24) is 10.2 Å². The summed E-state index contributed by atoms with van der Waals surface area (Å²) < 4.78 is 12.9. The third kappa shape index (κ3) is 2.82. The molecule has 3 heteroatoms. The molecular formula is C16H23FN2. The lowest BCUT2D eigenvalue weighted by Crippen LogP contribution is -2.31. The van der Waals surface area contributed by atoms with E-state index in [0.717, 1.165) is 6.54 Å². The maximum absolute atomic E-state index is 12.9. The van der Waals surface area contributed by atoms with Crippen molar-refractivity contribution in [2.24, 2.45) is 5.41 Å². The van der Waals surface area contributed by atoms with Gasteiger partial charge in [-0.05, 0) is 55.0 Å². The fourth-order valence-corrected chi connectivity index (χ4v) is 3.61. The van der Waals surface area contributed by atoms with Crippen LogP contribution in [-0.4, -0.2) is 37.6 Å². The highest BCUT2D eigenvalue weighted by molar-refractivity contribution is 5.20. The molecule has 0 amide bonds. The standard InChI is InChI=1S/C16H23FN2/c1-13(14-2-4-15(17)5-3-14)10-19-9-7-16(12-19)6-8-18-11-16/h2-5,13,18H,6-12H2,1H3. The number of hydrogen-bond acceptors (Lipinski definition) is 2. The molecule has 2 aliphatic rings. The minimum absolute atomic E-state index is 0.145. The average molecular weight is 262 g/mol. The van der Waals surface area contributed by atoms with E-state index >= 15 is 0 Å². The first-order valence-corrected chi connectivity index (χ1v) is 7.35. The molecule has 3 rings (SSSR count). The van der Waals surface area contributed by atoms with Crippen LogP contribution in [0.3, 0.4) is 0 Å². The second kappa shape index (κ2) is 5.22. The van der Waals surface area contributed by atoms with Crippen molar-refractivity contribution in [3.8, 4) is 0 Å². The zero-order chi connectivity index (χ0) is 13.3. The molecule has 1 N–H and O–H groups in total. The fraction of sp³-hybridized carbons (Fsp3) is 0.625. The molecule has 2 nitrogen and oxygen atoms in total. The Labute approximate surface area is 115 Å². The molecular weight excluding hydrogens is 239 g/mol.